The number of benzene rings is 1. The smallest absolute Gasteiger partial charge is 0.331 e. The fourth-order valence-corrected chi connectivity index (χ4v) is 2.28. The van der Waals surface area contributed by atoms with Gasteiger partial charge >= 0.3 is 5.97 Å². The van der Waals surface area contributed by atoms with E-state index in [1.165, 1.54) is 11.0 Å². The normalized spacial score (nSPS) is 18.1. The minimum absolute atomic E-state index is 0.0731. The summed E-state index contributed by atoms with van der Waals surface area (Å²) in [5.41, 5.74) is 0.996. The van der Waals surface area contributed by atoms with Crippen molar-refractivity contribution in [2.24, 2.45) is 0 Å². The van der Waals surface area contributed by atoms with Crippen LogP contribution in [0.4, 0.5) is 0 Å². The largest absolute Gasteiger partial charge is 0.454 e. The van der Waals surface area contributed by atoms with Crippen molar-refractivity contribution in [3.63, 3.8) is 0 Å². The minimum atomic E-state index is -0.283. The molecule has 4 nitrogen and oxygen atoms in total. The van der Waals surface area contributed by atoms with Gasteiger partial charge in [0.25, 0.3) is 0 Å². The highest BCUT2D eigenvalue weighted by Crippen LogP contribution is 2.01. The van der Waals surface area contributed by atoms with Crippen molar-refractivity contribution >= 4 is 12.0 Å². The third-order valence-corrected chi connectivity index (χ3v) is 3.30. The first-order valence-corrected chi connectivity index (χ1v) is 7.09. The van der Waals surface area contributed by atoms with Crippen molar-refractivity contribution in [1.82, 2.24) is 0 Å². The van der Waals surface area contributed by atoms with Gasteiger partial charge in [-0.3, -0.25) is 0 Å². The van der Waals surface area contributed by atoms with Crippen LogP contribution in [0.25, 0.3) is 6.08 Å². The van der Waals surface area contributed by atoms with Crippen LogP contribution in [0.5, 0.6) is 0 Å². The second-order valence-electron chi connectivity index (χ2n) is 5.06. The molecule has 0 radical (unpaired) electrons. The first kappa shape index (κ1) is 14.8. The second kappa shape index (κ2) is 7.82. The quantitative estimate of drug-likeness (QED) is 0.630. The molecule has 0 amide bonds. The number of carbonyl (C=O) groups is 1. The van der Waals surface area contributed by atoms with Gasteiger partial charge in [-0.2, -0.15) is 0 Å². The van der Waals surface area contributed by atoms with Crippen LogP contribution in [-0.4, -0.2) is 44.9 Å². The Morgan fingerprint density at radius 1 is 1.35 bits per heavy atom. The van der Waals surface area contributed by atoms with E-state index in [1.54, 1.807) is 6.08 Å². The Hall–Kier alpha value is -1.65. The molecular formula is C16H22NO3+. The molecule has 1 atom stereocenters. The van der Waals surface area contributed by atoms with Crippen LogP contribution in [-0.2, 0) is 14.3 Å². The molecule has 0 bridgehead atoms. The number of nitrogens with one attached hydrogen (secondary N) is 1. The maximum absolute atomic E-state index is 11.7. The van der Waals surface area contributed by atoms with Gasteiger partial charge in [0.15, 0.2) is 0 Å². The van der Waals surface area contributed by atoms with Gasteiger partial charge < -0.3 is 14.4 Å². The molecule has 1 aromatic rings. The lowest BCUT2D eigenvalue weighted by Crippen LogP contribution is -3.15. The van der Waals surface area contributed by atoms with E-state index in [0.29, 0.717) is 0 Å². The average Bonchev–Trinajstić information content (AvgIpc) is 2.47. The number of hydrogen-bond acceptors (Lipinski definition) is 3. The molecule has 108 valence electrons. The molecule has 2 rings (SSSR count). The van der Waals surface area contributed by atoms with E-state index >= 15 is 0 Å². The van der Waals surface area contributed by atoms with Crippen LogP contribution in [0.2, 0.25) is 0 Å². The van der Waals surface area contributed by atoms with Gasteiger partial charge in [-0.05, 0) is 18.6 Å². The SMILES string of the molecule is CC(C[NH+]1CCOCC1)OC(=O)C=Cc1ccccc1. The van der Waals surface area contributed by atoms with Crippen molar-refractivity contribution in [3.05, 3.63) is 42.0 Å². The molecule has 0 spiro atoms. The summed E-state index contributed by atoms with van der Waals surface area (Å²) in [5.74, 6) is -0.283. The highest BCUT2D eigenvalue weighted by molar-refractivity contribution is 5.87. The zero-order chi connectivity index (χ0) is 14.2. The Bertz CT molecular complexity index is 438. The van der Waals surface area contributed by atoms with Crippen molar-refractivity contribution in [2.75, 3.05) is 32.8 Å². The van der Waals surface area contributed by atoms with Gasteiger partial charge in [0.05, 0.1) is 13.2 Å². The highest BCUT2D eigenvalue weighted by Gasteiger charge is 2.18. The van der Waals surface area contributed by atoms with Gasteiger partial charge in [0.1, 0.15) is 25.7 Å². The van der Waals surface area contributed by atoms with Crippen LogP contribution in [0.1, 0.15) is 12.5 Å². The monoisotopic (exact) mass is 276 g/mol. The van der Waals surface area contributed by atoms with Crippen LogP contribution in [0.15, 0.2) is 36.4 Å². The summed E-state index contributed by atoms with van der Waals surface area (Å²) in [6.45, 7) is 6.35. The summed E-state index contributed by atoms with van der Waals surface area (Å²) in [7, 11) is 0. The lowest BCUT2D eigenvalue weighted by molar-refractivity contribution is -0.910. The Labute approximate surface area is 120 Å². The molecule has 1 heterocycles. The number of morpholine rings is 1. The second-order valence-corrected chi connectivity index (χ2v) is 5.06. The first-order chi connectivity index (χ1) is 9.74. The van der Waals surface area contributed by atoms with Gasteiger partial charge in [-0.15, -0.1) is 0 Å². The number of hydrogen-bond donors (Lipinski definition) is 1. The Morgan fingerprint density at radius 2 is 2.05 bits per heavy atom. The van der Waals surface area contributed by atoms with E-state index < -0.39 is 0 Å². The van der Waals surface area contributed by atoms with Gasteiger partial charge in [0.2, 0.25) is 0 Å². The molecule has 0 saturated carbocycles. The molecular weight excluding hydrogens is 254 g/mol. The van der Waals surface area contributed by atoms with Crippen molar-refractivity contribution < 1.29 is 19.2 Å². The molecule has 1 N–H and O–H groups in total. The maximum Gasteiger partial charge on any atom is 0.331 e. The first-order valence-electron chi connectivity index (χ1n) is 7.09. The summed E-state index contributed by atoms with van der Waals surface area (Å²) >= 11 is 0. The lowest BCUT2D eigenvalue weighted by atomic mass is 10.2. The number of esters is 1. The molecule has 0 aromatic heterocycles. The van der Waals surface area contributed by atoms with Crippen LogP contribution < -0.4 is 4.90 Å². The number of carbonyl (C=O) groups excluding carboxylic acids is 1. The van der Waals surface area contributed by atoms with E-state index in [2.05, 4.69) is 0 Å². The topological polar surface area (TPSA) is 40.0 Å². The zero-order valence-electron chi connectivity index (χ0n) is 11.9. The predicted octanol–water partition coefficient (Wildman–Crippen LogP) is 0.547. The lowest BCUT2D eigenvalue weighted by Gasteiger charge is -2.25. The summed E-state index contributed by atoms with van der Waals surface area (Å²) in [6.07, 6.45) is 3.19. The predicted molar refractivity (Wildman–Crippen MR) is 77.4 cm³/mol. The van der Waals surface area contributed by atoms with Crippen molar-refractivity contribution in [1.29, 1.82) is 0 Å². The van der Waals surface area contributed by atoms with Gasteiger partial charge in [-0.1, -0.05) is 30.3 Å². The van der Waals surface area contributed by atoms with Gasteiger partial charge in [0, 0.05) is 6.08 Å². The van der Waals surface area contributed by atoms with Crippen molar-refractivity contribution in [2.45, 2.75) is 13.0 Å². The molecule has 1 aliphatic heterocycles. The summed E-state index contributed by atoms with van der Waals surface area (Å²) in [4.78, 5) is 13.2. The van der Waals surface area contributed by atoms with Crippen molar-refractivity contribution in [3.8, 4) is 0 Å². The molecule has 20 heavy (non-hydrogen) atoms. The zero-order valence-corrected chi connectivity index (χ0v) is 11.9. The molecule has 1 aliphatic rings. The molecule has 1 fully saturated rings. The van der Waals surface area contributed by atoms with Crippen LogP contribution >= 0.6 is 0 Å². The fraction of sp³-hybridized carbons (Fsp3) is 0.438. The summed E-state index contributed by atoms with van der Waals surface area (Å²) < 4.78 is 10.7. The van der Waals surface area contributed by atoms with Crippen LogP contribution in [0.3, 0.4) is 0 Å². The van der Waals surface area contributed by atoms with E-state index in [9.17, 15) is 4.79 Å². The average molecular weight is 276 g/mol. The number of quaternary nitrogens is 1. The maximum atomic E-state index is 11.7. The van der Waals surface area contributed by atoms with Gasteiger partial charge in [-0.25, -0.2) is 4.79 Å². The Balaban J connectivity index is 1.74. The van der Waals surface area contributed by atoms with E-state index in [-0.39, 0.29) is 12.1 Å². The molecule has 0 aliphatic carbocycles. The summed E-state index contributed by atoms with van der Waals surface area (Å²) in [6, 6.07) is 9.73. The van der Waals surface area contributed by atoms with E-state index in [0.717, 1.165) is 38.4 Å². The minimum Gasteiger partial charge on any atom is -0.454 e. The Morgan fingerprint density at radius 3 is 2.75 bits per heavy atom. The third kappa shape index (κ3) is 5.15. The fourth-order valence-electron chi connectivity index (χ4n) is 2.28. The van der Waals surface area contributed by atoms with E-state index in [4.69, 9.17) is 9.47 Å². The molecule has 1 saturated heterocycles. The molecule has 1 unspecified atom stereocenters. The molecule has 1 aromatic carbocycles. The Kier molecular flexibility index (Phi) is 5.77. The van der Waals surface area contributed by atoms with Crippen LogP contribution in [0, 0.1) is 0 Å². The number of rotatable bonds is 5. The highest BCUT2D eigenvalue weighted by atomic mass is 16.5. The number of ether oxygens (including phenoxy) is 2. The third-order valence-electron chi connectivity index (χ3n) is 3.30. The summed E-state index contributed by atoms with van der Waals surface area (Å²) in [5, 5.41) is 0. The molecule has 4 heteroatoms. The standard InChI is InChI=1S/C16H21NO3/c1-14(13-17-9-11-19-12-10-17)20-16(18)8-7-15-5-3-2-4-6-15/h2-8,14H,9-13H2,1H3/p+1. The van der Waals surface area contributed by atoms with E-state index in [1.807, 2.05) is 37.3 Å².